The van der Waals surface area contributed by atoms with Gasteiger partial charge in [0, 0.05) is 37.7 Å². The monoisotopic (exact) mass is 384 g/mol. The van der Waals surface area contributed by atoms with Gasteiger partial charge in [-0.2, -0.15) is 0 Å². The van der Waals surface area contributed by atoms with Gasteiger partial charge in [-0.1, -0.05) is 54.1 Å². The van der Waals surface area contributed by atoms with E-state index < -0.39 is 0 Å². The van der Waals surface area contributed by atoms with Gasteiger partial charge in [-0.25, -0.2) is 0 Å². The topological polar surface area (TPSA) is 32.8 Å². The predicted octanol–water partition coefficient (Wildman–Crippen LogP) is 3.88. The quantitative estimate of drug-likeness (QED) is 0.757. The first-order valence-electron chi connectivity index (χ1n) is 9.22. The highest BCUT2D eigenvalue weighted by atomic mass is 35.5. The van der Waals surface area contributed by atoms with Crippen LogP contribution < -0.4 is 4.74 Å². The zero-order valence-corrected chi connectivity index (χ0v) is 16.4. The van der Waals surface area contributed by atoms with E-state index in [4.69, 9.17) is 16.3 Å². The highest BCUT2D eigenvalue weighted by molar-refractivity contribution is 6.31. The van der Waals surface area contributed by atoms with Crippen molar-refractivity contribution < 1.29 is 9.53 Å². The molecule has 1 fully saturated rings. The molecule has 0 unspecified atom stereocenters. The molecular formula is C22H25ClN2O2. The molecule has 0 N–H and O–H groups in total. The fourth-order valence-corrected chi connectivity index (χ4v) is 3.14. The predicted molar refractivity (Wildman–Crippen MR) is 110 cm³/mol. The van der Waals surface area contributed by atoms with Gasteiger partial charge in [-0.3, -0.25) is 9.69 Å². The Kier molecular flexibility index (Phi) is 6.91. The van der Waals surface area contributed by atoms with Gasteiger partial charge < -0.3 is 9.64 Å². The SMILES string of the molecule is Cc1cc(OCC(=O)N2CCN(C/C=C/c3ccccc3)CC2)ccc1Cl. The number of halogens is 1. The van der Waals surface area contributed by atoms with Crippen molar-refractivity contribution >= 4 is 23.6 Å². The lowest BCUT2D eigenvalue weighted by atomic mass is 10.2. The molecule has 0 saturated carbocycles. The Morgan fingerprint density at radius 2 is 1.85 bits per heavy atom. The maximum atomic E-state index is 12.4. The van der Waals surface area contributed by atoms with Crippen molar-refractivity contribution in [1.82, 2.24) is 9.80 Å². The lowest BCUT2D eigenvalue weighted by Gasteiger charge is -2.34. The second kappa shape index (κ2) is 9.58. The van der Waals surface area contributed by atoms with Crippen LogP contribution in [0.1, 0.15) is 11.1 Å². The number of ether oxygens (including phenoxy) is 1. The van der Waals surface area contributed by atoms with E-state index in [1.807, 2.05) is 36.1 Å². The fraction of sp³-hybridized carbons (Fsp3) is 0.318. The van der Waals surface area contributed by atoms with E-state index in [0.717, 1.165) is 38.3 Å². The average molecular weight is 385 g/mol. The van der Waals surface area contributed by atoms with Gasteiger partial charge in [-0.05, 0) is 36.2 Å². The molecule has 3 rings (SSSR count). The molecule has 5 heteroatoms. The van der Waals surface area contributed by atoms with Gasteiger partial charge in [0.05, 0.1) is 0 Å². The molecule has 1 amide bonds. The summed E-state index contributed by atoms with van der Waals surface area (Å²) in [4.78, 5) is 16.6. The molecule has 1 aliphatic heterocycles. The molecule has 0 aliphatic carbocycles. The van der Waals surface area contributed by atoms with Crippen molar-refractivity contribution in [2.45, 2.75) is 6.92 Å². The molecule has 0 bridgehead atoms. The van der Waals surface area contributed by atoms with Crippen LogP contribution in [-0.4, -0.2) is 55.0 Å². The van der Waals surface area contributed by atoms with Crippen LogP contribution in [0.3, 0.4) is 0 Å². The summed E-state index contributed by atoms with van der Waals surface area (Å²) in [6, 6.07) is 15.7. The van der Waals surface area contributed by atoms with E-state index >= 15 is 0 Å². The Morgan fingerprint density at radius 1 is 1.11 bits per heavy atom. The second-order valence-corrected chi connectivity index (χ2v) is 7.10. The molecule has 1 saturated heterocycles. The van der Waals surface area contributed by atoms with Crippen molar-refractivity contribution in [3.05, 3.63) is 70.8 Å². The molecule has 2 aromatic rings. The first kappa shape index (κ1) is 19.5. The van der Waals surface area contributed by atoms with E-state index in [1.165, 1.54) is 5.56 Å². The van der Waals surface area contributed by atoms with Gasteiger partial charge >= 0.3 is 0 Å². The summed E-state index contributed by atoms with van der Waals surface area (Å²) >= 11 is 6.01. The molecular weight excluding hydrogens is 360 g/mol. The van der Waals surface area contributed by atoms with Crippen LogP contribution in [0.15, 0.2) is 54.6 Å². The van der Waals surface area contributed by atoms with Crippen LogP contribution >= 0.6 is 11.6 Å². The molecule has 0 radical (unpaired) electrons. The third kappa shape index (κ3) is 5.84. The zero-order valence-electron chi connectivity index (χ0n) is 15.6. The van der Waals surface area contributed by atoms with Crippen molar-refractivity contribution in [3.8, 4) is 5.75 Å². The van der Waals surface area contributed by atoms with Crippen LogP contribution in [0.25, 0.3) is 6.08 Å². The Bertz CT molecular complexity index is 784. The van der Waals surface area contributed by atoms with Gasteiger partial charge in [-0.15, -0.1) is 0 Å². The van der Waals surface area contributed by atoms with Crippen LogP contribution in [0.5, 0.6) is 5.75 Å². The van der Waals surface area contributed by atoms with Gasteiger partial charge in [0.2, 0.25) is 0 Å². The minimum atomic E-state index is 0.0297. The third-order valence-corrected chi connectivity index (χ3v) is 5.11. The van der Waals surface area contributed by atoms with E-state index in [1.54, 1.807) is 12.1 Å². The number of nitrogens with zero attached hydrogens (tertiary/aromatic N) is 2. The standard InChI is InChI=1S/C22H25ClN2O2/c1-18-16-20(9-10-21(18)23)27-17-22(26)25-14-12-24(13-15-25)11-5-8-19-6-3-2-4-7-19/h2-10,16H,11-15,17H2,1H3/b8-5+. The lowest BCUT2D eigenvalue weighted by Crippen LogP contribution is -2.49. The minimum Gasteiger partial charge on any atom is -0.484 e. The first-order chi connectivity index (χ1) is 13.1. The van der Waals surface area contributed by atoms with Gasteiger partial charge in [0.15, 0.2) is 6.61 Å². The van der Waals surface area contributed by atoms with E-state index in [-0.39, 0.29) is 12.5 Å². The summed E-state index contributed by atoms with van der Waals surface area (Å²) in [5.74, 6) is 0.706. The second-order valence-electron chi connectivity index (χ2n) is 6.69. The Morgan fingerprint density at radius 3 is 2.56 bits per heavy atom. The van der Waals surface area contributed by atoms with Crippen LogP contribution in [-0.2, 0) is 4.79 Å². The number of hydrogen-bond donors (Lipinski definition) is 0. The Labute approximate surface area is 166 Å². The molecule has 142 valence electrons. The van der Waals surface area contributed by atoms with Crippen LogP contribution in [0.2, 0.25) is 5.02 Å². The number of amides is 1. The maximum absolute atomic E-state index is 12.4. The maximum Gasteiger partial charge on any atom is 0.260 e. The van der Waals surface area contributed by atoms with Crippen LogP contribution in [0, 0.1) is 6.92 Å². The number of hydrogen-bond acceptors (Lipinski definition) is 3. The van der Waals surface area contributed by atoms with E-state index in [2.05, 4.69) is 29.2 Å². The Balaban J connectivity index is 1.39. The molecule has 0 atom stereocenters. The number of benzene rings is 2. The van der Waals surface area contributed by atoms with Crippen molar-refractivity contribution in [2.75, 3.05) is 39.3 Å². The van der Waals surface area contributed by atoms with Gasteiger partial charge in [0.1, 0.15) is 5.75 Å². The number of aryl methyl sites for hydroxylation is 1. The number of rotatable bonds is 6. The molecule has 0 aromatic heterocycles. The van der Waals surface area contributed by atoms with E-state index in [0.29, 0.717) is 10.8 Å². The Hall–Kier alpha value is -2.30. The van der Waals surface area contributed by atoms with Crippen molar-refractivity contribution in [2.24, 2.45) is 0 Å². The minimum absolute atomic E-state index is 0.0297. The first-order valence-corrected chi connectivity index (χ1v) is 9.60. The molecule has 2 aromatic carbocycles. The number of carbonyl (C=O) groups is 1. The summed E-state index contributed by atoms with van der Waals surface area (Å²) in [5, 5.41) is 0.700. The highest BCUT2D eigenvalue weighted by Crippen LogP contribution is 2.21. The summed E-state index contributed by atoms with van der Waals surface area (Å²) < 4.78 is 5.62. The van der Waals surface area contributed by atoms with Crippen LogP contribution in [0.4, 0.5) is 0 Å². The average Bonchev–Trinajstić information content (AvgIpc) is 2.70. The number of piperazine rings is 1. The lowest BCUT2D eigenvalue weighted by molar-refractivity contribution is -0.135. The molecule has 1 aliphatic rings. The largest absolute Gasteiger partial charge is 0.484 e. The smallest absolute Gasteiger partial charge is 0.260 e. The van der Waals surface area contributed by atoms with Crippen molar-refractivity contribution in [1.29, 1.82) is 0 Å². The molecule has 4 nitrogen and oxygen atoms in total. The summed E-state index contributed by atoms with van der Waals surface area (Å²) in [5.41, 5.74) is 2.15. The van der Waals surface area contributed by atoms with E-state index in [9.17, 15) is 4.79 Å². The summed E-state index contributed by atoms with van der Waals surface area (Å²) in [6.45, 7) is 6.12. The fourth-order valence-electron chi connectivity index (χ4n) is 3.03. The summed E-state index contributed by atoms with van der Waals surface area (Å²) in [7, 11) is 0. The molecule has 0 spiro atoms. The normalized spacial score (nSPS) is 15.3. The third-order valence-electron chi connectivity index (χ3n) is 4.69. The number of carbonyl (C=O) groups excluding carboxylic acids is 1. The highest BCUT2D eigenvalue weighted by Gasteiger charge is 2.20. The summed E-state index contributed by atoms with van der Waals surface area (Å²) in [6.07, 6.45) is 4.32. The molecule has 27 heavy (non-hydrogen) atoms. The van der Waals surface area contributed by atoms with Crippen molar-refractivity contribution in [3.63, 3.8) is 0 Å². The van der Waals surface area contributed by atoms with Gasteiger partial charge in [0.25, 0.3) is 5.91 Å². The molecule has 1 heterocycles. The zero-order chi connectivity index (χ0) is 19.1.